The average molecular weight is 139 g/mol. The number of nitriles is 1. The Bertz CT molecular complexity index is 138. The molecule has 3 heteroatoms. The first-order chi connectivity index (χ1) is 4.84. The van der Waals surface area contributed by atoms with Crippen molar-refractivity contribution >= 4 is 0 Å². The maximum Gasteiger partial charge on any atom is 0.100 e. The van der Waals surface area contributed by atoms with E-state index < -0.39 is 0 Å². The zero-order valence-electron chi connectivity index (χ0n) is 6.38. The van der Waals surface area contributed by atoms with Crippen molar-refractivity contribution in [3.05, 3.63) is 0 Å². The fourth-order valence-electron chi connectivity index (χ4n) is 1.23. The highest BCUT2D eigenvalue weighted by Gasteiger charge is 2.14. The van der Waals surface area contributed by atoms with Crippen LogP contribution < -0.4 is 0 Å². The van der Waals surface area contributed by atoms with Crippen LogP contribution in [-0.2, 0) is 0 Å². The first kappa shape index (κ1) is 7.52. The second-order valence-electron chi connectivity index (χ2n) is 2.63. The maximum atomic E-state index is 8.42. The summed E-state index contributed by atoms with van der Waals surface area (Å²) in [5.74, 6) is 0. The second-order valence-corrected chi connectivity index (χ2v) is 2.63. The molecule has 3 nitrogen and oxygen atoms in total. The van der Waals surface area contributed by atoms with Gasteiger partial charge in [0.2, 0.25) is 0 Å². The van der Waals surface area contributed by atoms with Gasteiger partial charge in [-0.3, -0.25) is 0 Å². The lowest BCUT2D eigenvalue weighted by atomic mass is 10.2. The van der Waals surface area contributed by atoms with E-state index >= 15 is 0 Å². The van der Waals surface area contributed by atoms with Crippen molar-refractivity contribution in [3.8, 4) is 6.07 Å². The Morgan fingerprint density at radius 1 is 1.40 bits per heavy atom. The summed E-state index contributed by atoms with van der Waals surface area (Å²) in [6.07, 6.45) is 2.49. The van der Waals surface area contributed by atoms with Crippen LogP contribution >= 0.6 is 0 Å². The number of hydrogen-bond donors (Lipinski definition) is 0. The Hall–Kier alpha value is -0.590. The van der Waals surface area contributed by atoms with Crippen LogP contribution in [0.15, 0.2) is 0 Å². The lowest BCUT2D eigenvalue weighted by Gasteiger charge is -2.33. The van der Waals surface area contributed by atoms with Gasteiger partial charge in [-0.15, -0.1) is 0 Å². The van der Waals surface area contributed by atoms with Crippen molar-refractivity contribution < 1.29 is 0 Å². The smallest absolute Gasteiger partial charge is 0.100 e. The van der Waals surface area contributed by atoms with Crippen molar-refractivity contribution in [2.75, 3.05) is 26.7 Å². The Morgan fingerprint density at radius 3 is 2.70 bits per heavy atom. The van der Waals surface area contributed by atoms with Gasteiger partial charge >= 0.3 is 0 Å². The summed E-state index contributed by atoms with van der Waals surface area (Å²) in [4.78, 5) is 0. The molecule has 10 heavy (non-hydrogen) atoms. The van der Waals surface area contributed by atoms with Gasteiger partial charge in [-0.25, -0.2) is 10.0 Å². The van der Waals surface area contributed by atoms with Crippen LogP contribution in [0.5, 0.6) is 0 Å². The SMILES string of the molecule is CN1CCCCN1CC#N. The van der Waals surface area contributed by atoms with Gasteiger partial charge in [0.1, 0.15) is 6.54 Å². The van der Waals surface area contributed by atoms with E-state index in [0.717, 1.165) is 13.1 Å². The molecule has 0 aromatic rings. The highest BCUT2D eigenvalue weighted by Crippen LogP contribution is 2.06. The van der Waals surface area contributed by atoms with Crippen LogP contribution in [0.2, 0.25) is 0 Å². The van der Waals surface area contributed by atoms with Gasteiger partial charge < -0.3 is 0 Å². The Labute approximate surface area is 61.8 Å². The van der Waals surface area contributed by atoms with Gasteiger partial charge in [-0.2, -0.15) is 5.26 Å². The Morgan fingerprint density at radius 2 is 2.10 bits per heavy atom. The highest BCUT2D eigenvalue weighted by atomic mass is 15.6. The molecule has 0 bridgehead atoms. The molecule has 0 unspecified atom stereocenters. The van der Waals surface area contributed by atoms with Crippen LogP contribution in [0.3, 0.4) is 0 Å². The van der Waals surface area contributed by atoms with Crippen molar-refractivity contribution in [2.24, 2.45) is 0 Å². The second kappa shape index (κ2) is 3.55. The third-order valence-corrected chi connectivity index (χ3v) is 1.88. The summed E-state index contributed by atoms with van der Waals surface area (Å²) < 4.78 is 0. The zero-order valence-corrected chi connectivity index (χ0v) is 6.38. The fourth-order valence-corrected chi connectivity index (χ4v) is 1.23. The van der Waals surface area contributed by atoms with Gasteiger partial charge in [0.25, 0.3) is 0 Å². The van der Waals surface area contributed by atoms with Crippen molar-refractivity contribution in [3.63, 3.8) is 0 Å². The Balaban J connectivity index is 2.34. The van der Waals surface area contributed by atoms with E-state index in [1.54, 1.807) is 0 Å². The molecule has 0 aliphatic carbocycles. The van der Waals surface area contributed by atoms with Gasteiger partial charge in [-0.1, -0.05) is 0 Å². The van der Waals surface area contributed by atoms with Crippen molar-refractivity contribution in [1.29, 1.82) is 5.26 Å². The molecule has 0 radical (unpaired) electrons. The first-order valence-corrected chi connectivity index (χ1v) is 3.67. The summed E-state index contributed by atoms with van der Waals surface area (Å²) in [5, 5.41) is 12.6. The lowest BCUT2D eigenvalue weighted by molar-refractivity contribution is -0.0146. The summed E-state index contributed by atoms with van der Waals surface area (Å²) in [5.41, 5.74) is 0. The number of rotatable bonds is 1. The minimum Gasteiger partial charge on any atom is -0.244 e. The fraction of sp³-hybridized carbons (Fsp3) is 0.857. The van der Waals surface area contributed by atoms with Crippen LogP contribution in [0.4, 0.5) is 0 Å². The third kappa shape index (κ3) is 1.69. The van der Waals surface area contributed by atoms with Crippen LogP contribution in [0.1, 0.15) is 12.8 Å². The lowest BCUT2D eigenvalue weighted by Crippen LogP contribution is -2.44. The number of hydrogen-bond acceptors (Lipinski definition) is 3. The molecule has 0 aromatic carbocycles. The predicted octanol–water partition coefficient (Wildman–Crippen LogP) is 0.453. The van der Waals surface area contributed by atoms with Crippen LogP contribution in [-0.4, -0.2) is 36.7 Å². The molecule has 1 aliphatic rings. The molecule has 0 spiro atoms. The molecular formula is C7H13N3. The molecule has 1 heterocycles. The third-order valence-electron chi connectivity index (χ3n) is 1.88. The quantitative estimate of drug-likeness (QED) is 0.494. The maximum absolute atomic E-state index is 8.42. The van der Waals surface area contributed by atoms with Gasteiger partial charge in [0.05, 0.1) is 6.07 Å². The molecule has 56 valence electrons. The molecule has 0 N–H and O–H groups in total. The van der Waals surface area contributed by atoms with Crippen LogP contribution in [0, 0.1) is 11.3 Å². The molecule has 1 fully saturated rings. The molecule has 0 atom stereocenters. The van der Waals surface area contributed by atoms with E-state index in [4.69, 9.17) is 5.26 Å². The molecule has 1 saturated heterocycles. The standard InChI is InChI=1S/C7H13N3/c1-9-5-2-3-6-10(9)7-4-8/h2-3,5-7H2,1H3. The predicted molar refractivity (Wildman–Crippen MR) is 39.1 cm³/mol. The summed E-state index contributed by atoms with van der Waals surface area (Å²) in [7, 11) is 2.04. The average Bonchev–Trinajstić information content (AvgIpc) is 1.94. The Kier molecular flexibility index (Phi) is 2.67. The monoisotopic (exact) mass is 139 g/mol. The molecule has 1 aliphatic heterocycles. The van der Waals surface area contributed by atoms with E-state index in [9.17, 15) is 0 Å². The normalized spacial score (nSPS) is 22.4. The van der Waals surface area contributed by atoms with Crippen LogP contribution in [0.25, 0.3) is 0 Å². The van der Waals surface area contributed by atoms with Crippen molar-refractivity contribution in [1.82, 2.24) is 10.0 Å². The van der Waals surface area contributed by atoms with Gasteiger partial charge in [-0.05, 0) is 12.8 Å². The van der Waals surface area contributed by atoms with E-state index in [-0.39, 0.29) is 0 Å². The molecule has 1 rings (SSSR count). The number of nitrogens with zero attached hydrogens (tertiary/aromatic N) is 3. The van der Waals surface area contributed by atoms with Crippen molar-refractivity contribution in [2.45, 2.75) is 12.8 Å². The zero-order chi connectivity index (χ0) is 7.40. The minimum absolute atomic E-state index is 0.538. The van der Waals surface area contributed by atoms with Gasteiger partial charge in [0.15, 0.2) is 0 Å². The summed E-state index contributed by atoms with van der Waals surface area (Å²) in [6.45, 7) is 2.68. The van der Waals surface area contributed by atoms with Gasteiger partial charge in [0, 0.05) is 20.1 Å². The highest BCUT2D eigenvalue weighted by molar-refractivity contribution is 4.76. The molecule has 0 aromatic heterocycles. The van der Waals surface area contributed by atoms with E-state index in [1.165, 1.54) is 12.8 Å². The molecule has 0 amide bonds. The topological polar surface area (TPSA) is 30.3 Å². The van der Waals surface area contributed by atoms with E-state index in [1.807, 2.05) is 7.05 Å². The summed E-state index contributed by atoms with van der Waals surface area (Å²) >= 11 is 0. The number of hydrazine groups is 1. The van der Waals surface area contributed by atoms with E-state index in [0.29, 0.717) is 6.54 Å². The first-order valence-electron chi connectivity index (χ1n) is 3.67. The van der Waals surface area contributed by atoms with E-state index in [2.05, 4.69) is 16.1 Å². The summed E-state index contributed by atoms with van der Waals surface area (Å²) in [6, 6.07) is 2.15. The largest absolute Gasteiger partial charge is 0.244 e. The molecule has 0 saturated carbocycles. The molecular weight excluding hydrogens is 126 g/mol. The minimum atomic E-state index is 0.538.